The first-order valence-electron chi connectivity index (χ1n) is 7.80. The van der Waals surface area contributed by atoms with Crippen LogP contribution in [-0.2, 0) is 14.8 Å². The van der Waals surface area contributed by atoms with Crippen molar-refractivity contribution < 1.29 is 22.4 Å². The fourth-order valence-electron chi connectivity index (χ4n) is 2.50. The minimum absolute atomic E-state index is 0.0704. The fourth-order valence-corrected chi connectivity index (χ4v) is 3.95. The Balaban J connectivity index is 1.82. The SMILES string of the molecule is O=C1CN(S(=O)(=O)c2cccc(C(=O)Nc3ccc(F)cc3)c2)CCN1. The molecule has 1 aliphatic rings. The van der Waals surface area contributed by atoms with Crippen LogP contribution < -0.4 is 10.6 Å². The molecule has 0 radical (unpaired) electrons. The van der Waals surface area contributed by atoms with Gasteiger partial charge in [-0.05, 0) is 42.5 Å². The largest absolute Gasteiger partial charge is 0.354 e. The van der Waals surface area contributed by atoms with Gasteiger partial charge < -0.3 is 10.6 Å². The lowest BCUT2D eigenvalue weighted by Gasteiger charge is -2.26. The lowest BCUT2D eigenvalue weighted by molar-refractivity contribution is -0.122. The van der Waals surface area contributed by atoms with Crippen LogP contribution in [0.4, 0.5) is 10.1 Å². The number of nitrogens with one attached hydrogen (secondary N) is 2. The number of hydrogen-bond acceptors (Lipinski definition) is 4. The normalized spacial score (nSPS) is 15.3. The lowest BCUT2D eigenvalue weighted by atomic mass is 10.2. The third-order valence-corrected chi connectivity index (χ3v) is 5.68. The van der Waals surface area contributed by atoms with Crippen molar-refractivity contribution in [3.8, 4) is 0 Å². The molecule has 0 aromatic heterocycles. The molecular weight excluding hydrogens is 361 g/mol. The van der Waals surface area contributed by atoms with Crippen LogP contribution in [0, 0.1) is 5.82 Å². The standard InChI is InChI=1S/C17H16FN3O4S/c18-13-4-6-14(7-5-13)20-17(23)12-2-1-3-15(10-12)26(24,25)21-9-8-19-16(22)11-21/h1-7,10H,8-9,11H2,(H,19,22)(H,20,23). The zero-order chi connectivity index (χ0) is 18.7. The van der Waals surface area contributed by atoms with E-state index in [1.807, 2.05) is 0 Å². The summed E-state index contributed by atoms with van der Waals surface area (Å²) in [4.78, 5) is 23.7. The molecule has 0 saturated carbocycles. The van der Waals surface area contributed by atoms with Crippen LogP contribution in [0.3, 0.4) is 0 Å². The quantitative estimate of drug-likeness (QED) is 0.837. The zero-order valence-corrected chi connectivity index (χ0v) is 14.4. The van der Waals surface area contributed by atoms with E-state index in [1.54, 1.807) is 0 Å². The van der Waals surface area contributed by atoms with Gasteiger partial charge in [-0.2, -0.15) is 4.31 Å². The first kappa shape index (κ1) is 18.0. The highest BCUT2D eigenvalue weighted by Gasteiger charge is 2.29. The summed E-state index contributed by atoms with van der Waals surface area (Å²) in [7, 11) is -3.89. The van der Waals surface area contributed by atoms with Crippen molar-refractivity contribution in [2.24, 2.45) is 0 Å². The van der Waals surface area contributed by atoms with Crippen molar-refractivity contribution in [2.45, 2.75) is 4.90 Å². The molecule has 136 valence electrons. The Morgan fingerprint density at radius 3 is 2.58 bits per heavy atom. The van der Waals surface area contributed by atoms with E-state index in [0.29, 0.717) is 5.69 Å². The third-order valence-electron chi connectivity index (χ3n) is 3.84. The fraction of sp³-hybridized carbons (Fsp3) is 0.176. The highest BCUT2D eigenvalue weighted by Crippen LogP contribution is 2.19. The van der Waals surface area contributed by atoms with Crippen molar-refractivity contribution in [3.63, 3.8) is 0 Å². The van der Waals surface area contributed by atoms with Crippen LogP contribution in [0.2, 0.25) is 0 Å². The summed E-state index contributed by atoms with van der Waals surface area (Å²) in [5, 5.41) is 5.13. The second kappa shape index (κ2) is 7.22. The summed E-state index contributed by atoms with van der Waals surface area (Å²) >= 11 is 0. The number of carbonyl (C=O) groups is 2. The Morgan fingerprint density at radius 2 is 1.88 bits per heavy atom. The van der Waals surface area contributed by atoms with Gasteiger partial charge in [-0.15, -0.1) is 0 Å². The number of anilines is 1. The number of benzene rings is 2. The number of carbonyl (C=O) groups excluding carboxylic acids is 2. The number of rotatable bonds is 4. The van der Waals surface area contributed by atoms with Crippen molar-refractivity contribution in [3.05, 3.63) is 59.9 Å². The van der Waals surface area contributed by atoms with Crippen molar-refractivity contribution in [1.29, 1.82) is 0 Å². The molecule has 1 heterocycles. The van der Waals surface area contributed by atoms with Gasteiger partial charge in [-0.3, -0.25) is 9.59 Å². The van der Waals surface area contributed by atoms with Crippen LogP contribution in [0.1, 0.15) is 10.4 Å². The number of piperazine rings is 1. The van der Waals surface area contributed by atoms with E-state index in [0.717, 1.165) is 4.31 Å². The molecule has 1 saturated heterocycles. The highest BCUT2D eigenvalue weighted by molar-refractivity contribution is 7.89. The zero-order valence-electron chi connectivity index (χ0n) is 13.6. The van der Waals surface area contributed by atoms with Gasteiger partial charge in [0.15, 0.2) is 0 Å². The van der Waals surface area contributed by atoms with Gasteiger partial charge >= 0.3 is 0 Å². The van der Waals surface area contributed by atoms with E-state index < -0.39 is 21.7 Å². The molecule has 3 rings (SSSR count). The molecule has 1 fully saturated rings. The summed E-state index contributed by atoms with van der Waals surface area (Å²) in [5.74, 6) is -1.32. The summed E-state index contributed by atoms with van der Waals surface area (Å²) in [6.45, 7) is 0.150. The van der Waals surface area contributed by atoms with Crippen molar-refractivity contribution in [2.75, 3.05) is 25.0 Å². The molecule has 2 N–H and O–H groups in total. The van der Waals surface area contributed by atoms with Crippen LogP contribution in [0.5, 0.6) is 0 Å². The van der Waals surface area contributed by atoms with Crippen LogP contribution in [0.25, 0.3) is 0 Å². The number of halogens is 1. The Bertz CT molecular complexity index is 945. The number of hydrogen-bond donors (Lipinski definition) is 2. The van der Waals surface area contributed by atoms with E-state index in [-0.39, 0.29) is 36.0 Å². The second-order valence-corrected chi connectivity index (χ2v) is 7.62. The van der Waals surface area contributed by atoms with E-state index in [1.165, 1.54) is 48.5 Å². The first-order chi connectivity index (χ1) is 12.4. The smallest absolute Gasteiger partial charge is 0.255 e. The maximum absolute atomic E-state index is 12.9. The van der Waals surface area contributed by atoms with Gasteiger partial charge in [0, 0.05) is 24.3 Å². The minimum Gasteiger partial charge on any atom is -0.354 e. The van der Waals surface area contributed by atoms with Gasteiger partial charge in [-0.1, -0.05) is 6.07 Å². The predicted octanol–water partition coefficient (Wildman–Crippen LogP) is 1.20. The van der Waals surface area contributed by atoms with E-state index in [4.69, 9.17) is 0 Å². The summed E-state index contributed by atoms with van der Waals surface area (Å²) in [5.41, 5.74) is 0.522. The molecule has 0 unspecified atom stereocenters. The molecule has 1 aliphatic heterocycles. The second-order valence-electron chi connectivity index (χ2n) is 5.68. The Kier molecular flexibility index (Phi) is 5.01. The number of nitrogens with zero attached hydrogens (tertiary/aromatic N) is 1. The van der Waals surface area contributed by atoms with Crippen LogP contribution >= 0.6 is 0 Å². The Labute approximate surface area is 149 Å². The molecule has 26 heavy (non-hydrogen) atoms. The summed E-state index contributed by atoms with van der Waals surface area (Å²) < 4.78 is 39.3. The average molecular weight is 377 g/mol. The van der Waals surface area contributed by atoms with E-state index in [2.05, 4.69) is 10.6 Å². The third kappa shape index (κ3) is 3.89. The molecule has 7 nitrogen and oxygen atoms in total. The highest BCUT2D eigenvalue weighted by atomic mass is 32.2. The van der Waals surface area contributed by atoms with Crippen molar-refractivity contribution in [1.82, 2.24) is 9.62 Å². The molecule has 0 bridgehead atoms. The Hall–Kier alpha value is -2.78. The maximum atomic E-state index is 12.9. The van der Waals surface area contributed by atoms with Gasteiger partial charge in [0.05, 0.1) is 11.4 Å². The summed E-state index contributed by atoms with van der Waals surface area (Å²) in [6, 6.07) is 10.8. The molecule has 2 aromatic rings. The van der Waals surface area contributed by atoms with Crippen molar-refractivity contribution >= 4 is 27.5 Å². The topological polar surface area (TPSA) is 95.6 Å². The van der Waals surface area contributed by atoms with Crippen LogP contribution in [0.15, 0.2) is 53.4 Å². The molecule has 0 aliphatic carbocycles. The molecule has 0 atom stereocenters. The van der Waals surface area contributed by atoms with Gasteiger partial charge in [0.25, 0.3) is 5.91 Å². The van der Waals surface area contributed by atoms with Crippen LogP contribution in [-0.4, -0.2) is 44.2 Å². The lowest BCUT2D eigenvalue weighted by Crippen LogP contribution is -2.49. The molecule has 0 spiro atoms. The average Bonchev–Trinajstić information content (AvgIpc) is 2.63. The number of sulfonamides is 1. The molecular formula is C17H16FN3O4S. The predicted molar refractivity (Wildman–Crippen MR) is 92.6 cm³/mol. The van der Waals surface area contributed by atoms with Gasteiger partial charge in [0.1, 0.15) is 5.82 Å². The van der Waals surface area contributed by atoms with Gasteiger partial charge in [-0.25, -0.2) is 12.8 Å². The summed E-state index contributed by atoms with van der Waals surface area (Å²) in [6.07, 6.45) is 0. The maximum Gasteiger partial charge on any atom is 0.255 e. The molecule has 2 aromatic carbocycles. The minimum atomic E-state index is -3.89. The molecule has 2 amide bonds. The van der Waals surface area contributed by atoms with E-state index in [9.17, 15) is 22.4 Å². The van der Waals surface area contributed by atoms with E-state index >= 15 is 0 Å². The number of amides is 2. The Morgan fingerprint density at radius 1 is 1.15 bits per heavy atom. The van der Waals surface area contributed by atoms with Gasteiger partial charge in [0.2, 0.25) is 15.9 Å². The first-order valence-corrected chi connectivity index (χ1v) is 9.24. The molecule has 9 heteroatoms. The monoisotopic (exact) mass is 377 g/mol.